The van der Waals surface area contributed by atoms with Gasteiger partial charge in [-0.2, -0.15) is 0 Å². The van der Waals surface area contributed by atoms with Gasteiger partial charge in [-0.15, -0.1) is 22.1 Å². The molecule has 0 saturated heterocycles. The molecule has 0 radical (unpaired) electrons. The molecular weight excluding hydrogens is 629 g/mol. The number of aliphatic hydroxyl groups is 2. The van der Waals surface area contributed by atoms with Gasteiger partial charge in [-0.3, -0.25) is 4.79 Å². The summed E-state index contributed by atoms with van der Waals surface area (Å²) >= 11 is 0. The number of hydrogen-bond donors (Lipinski definition) is 3. The number of aryl methyl sites for hydroxylation is 3. The monoisotopic (exact) mass is 668 g/mol. The zero-order chi connectivity index (χ0) is 30.5. The minimum atomic E-state index is -0.866. The molecule has 0 amide bonds. The first-order valence-electron chi connectivity index (χ1n) is 14.5. The normalized spacial score (nSPS) is 14.6. The van der Waals surface area contributed by atoms with E-state index in [2.05, 4.69) is 13.8 Å². The summed E-state index contributed by atoms with van der Waals surface area (Å²) in [5.74, 6) is -0.866. The second-order valence-corrected chi connectivity index (χ2v) is 11.4. The van der Waals surface area contributed by atoms with Crippen LogP contribution in [-0.2, 0) is 30.7 Å². The fourth-order valence-electron chi connectivity index (χ4n) is 6.17. The number of fused-ring (bicyclic) bond motifs is 8. The number of carboxylic acid groups (broad SMARTS) is 1. The fourth-order valence-corrected chi connectivity index (χ4v) is 6.17. The van der Waals surface area contributed by atoms with Gasteiger partial charge >= 0.3 is 25.4 Å². The number of hydrogen-bond acceptors (Lipinski definition) is 5. The third kappa shape index (κ3) is 6.03. The van der Waals surface area contributed by atoms with Crippen LogP contribution in [0, 0.1) is 13.8 Å². The number of aromatic nitrogens is 4. The Balaban J connectivity index is 0.00000423. The maximum Gasteiger partial charge on any atom is 2.00 e. The van der Waals surface area contributed by atoms with Gasteiger partial charge in [0.15, 0.2) is 0 Å². The van der Waals surface area contributed by atoms with Gasteiger partial charge in [0.2, 0.25) is 0 Å². The van der Waals surface area contributed by atoms with E-state index in [1.165, 1.54) is 0 Å². The van der Waals surface area contributed by atoms with Gasteiger partial charge in [-0.1, -0.05) is 54.3 Å². The molecule has 0 spiro atoms. The second kappa shape index (κ2) is 12.7. The minimum absolute atomic E-state index is 0. The molecule has 2 atom stereocenters. The summed E-state index contributed by atoms with van der Waals surface area (Å²) in [5.41, 5.74) is 12.7. The molecule has 5 rings (SSSR count). The van der Waals surface area contributed by atoms with Crippen LogP contribution >= 0.6 is 0 Å². The van der Waals surface area contributed by atoms with Crippen molar-refractivity contribution in [1.82, 2.24) is 19.9 Å². The smallest absolute Gasteiger partial charge is 0.657 e. The van der Waals surface area contributed by atoms with Gasteiger partial charge in [0, 0.05) is 12.0 Å². The number of allylic oxidation sites excluding steroid dienone is 3. The Labute approximate surface area is 264 Å². The molecule has 0 aliphatic carbocycles. The Bertz CT molecular complexity index is 1830. The second-order valence-electron chi connectivity index (χ2n) is 11.4. The largest absolute Gasteiger partial charge is 2.00 e. The topological polar surface area (TPSA) is 132 Å². The van der Waals surface area contributed by atoms with Crippen molar-refractivity contribution < 1.29 is 39.6 Å². The van der Waals surface area contributed by atoms with Crippen LogP contribution in [0.5, 0.6) is 0 Å². The molecule has 0 aromatic carbocycles. The fraction of sp³-hybridized carbons (Fsp3) is 0.382. The van der Waals surface area contributed by atoms with Crippen LogP contribution < -0.4 is 9.97 Å². The molecule has 8 bridgehead atoms. The van der Waals surface area contributed by atoms with Crippen LogP contribution in [0.2, 0.25) is 0 Å². The Morgan fingerprint density at radius 2 is 1.33 bits per heavy atom. The van der Waals surface area contributed by atoms with Crippen LogP contribution in [0.1, 0.15) is 105 Å². The van der Waals surface area contributed by atoms with E-state index in [1.54, 1.807) is 13.8 Å². The van der Waals surface area contributed by atoms with Crippen molar-refractivity contribution in [2.24, 2.45) is 0 Å². The van der Waals surface area contributed by atoms with E-state index in [-0.39, 0.29) is 25.9 Å². The van der Waals surface area contributed by atoms with Crippen molar-refractivity contribution in [3.8, 4) is 0 Å². The quantitative estimate of drug-likeness (QED) is 0.250. The molecule has 2 aliphatic rings. The summed E-state index contributed by atoms with van der Waals surface area (Å²) in [4.78, 5) is 31.4. The third-order valence-electron chi connectivity index (χ3n) is 8.40. The van der Waals surface area contributed by atoms with Gasteiger partial charge in [0.25, 0.3) is 0 Å². The zero-order valence-corrected chi connectivity index (χ0v) is 27.4. The average Bonchev–Trinajstić information content (AvgIpc) is 3.57. The molecule has 9 heteroatoms. The van der Waals surface area contributed by atoms with Crippen LogP contribution in [-0.4, -0.2) is 37.4 Å². The number of aliphatic carboxylic acids is 1. The summed E-state index contributed by atoms with van der Waals surface area (Å²) in [6, 6.07) is 7.69. The van der Waals surface area contributed by atoms with Crippen molar-refractivity contribution in [1.29, 1.82) is 0 Å². The molecule has 0 fully saturated rings. The summed E-state index contributed by atoms with van der Waals surface area (Å²) in [6.07, 6.45) is 0.592. The number of aliphatic hydroxyl groups excluding tert-OH is 2. The number of carboxylic acids is 1. The SMILES string of the molecule is CCCC1=C(C)c2cc3[n-]c(cc4nc(cc5[n-]c(cc1n2)c(CCC(=O)O)c5C)C(C(C)O)=C4C)c(C(C)O)c3C.[Ru+2]. The van der Waals surface area contributed by atoms with Gasteiger partial charge in [-0.05, 0) is 76.7 Å². The van der Waals surface area contributed by atoms with E-state index in [4.69, 9.17) is 19.9 Å². The number of rotatable bonds is 7. The predicted octanol–water partition coefficient (Wildman–Crippen LogP) is 6.30. The molecule has 43 heavy (non-hydrogen) atoms. The van der Waals surface area contributed by atoms with Crippen molar-refractivity contribution >= 4 is 50.3 Å². The van der Waals surface area contributed by atoms with Gasteiger partial charge < -0.3 is 25.3 Å². The van der Waals surface area contributed by atoms with E-state index in [1.807, 2.05) is 45.0 Å². The summed E-state index contributed by atoms with van der Waals surface area (Å²) < 4.78 is 0. The van der Waals surface area contributed by atoms with Crippen LogP contribution in [0.25, 0.3) is 44.4 Å². The van der Waals surface area contributed by atoms with Gasteiger partial charge in [0.05, 0.1) is 35.0 Å². The third-order valence-corrected chi connectivity index (χ3v) is 8.40. The first-order chi connectivity index (χ1) is 19.9. The van der Waals surface area contributed by atoms with E-state index in [0.29, 0.717) is 39.9 Å². The van der Waals surface area contributed by atoms with Crippen molar-refractivity contribution in [3.63, 3.8) is 0 Å². The summed E-state index contributed by atoms with van der Waals surface area (Å²) in [6.45, 7) is 13.5. The van der Waals surface area contributed by atoms with Crippen molar-refractivity contribution in [3.05, 3.63) is 69.3 Å². The number of carbonyl (C=O) groups is 1. The van der Waals surface area contributed by atoms with Crippen LogP contribution in [0.15, 0.2) is 24.3 Å². The molecule has 3 aromatic heterocycles. The van der Waals surface area contributed by atoms with E-state index in [0.717, 1.165) is 68.7 Å². The Morgan fingerprint density at radius 3 is 1.95 bits per heavy atom. The zero-order valence-electron chi connectivity index (χ0n) is 25.7. The molecule has 3 N–H and O–H groups in total. The Morgan fingerprint density at radius 1 is 0.767 bits per heavy atom. The summed E-state index contributed by atoms with van der Waals surface area (Å²) in [5, 5.41) is 31.0. The maximum atomic E-state index is 11.5. The van der Waals surface area contributed by atoms with Crippen LogP contribution in [0.4, 0.5) is 0 Å². The van der Waals surface area contributed by atoms with Crippen LogP contribution in [0.3, 0.4) is 0 Å². The molecule has 226 valence electrons. The Kier molecular flexibility index (Phi) is 9.60. The number of nitrogens with zero attached hydrogens (tertiary/aromatic N) is 4. The molecule has 2 aliphatic heterocycles. The van der Waals surface area contributed by atoms with E-state index >= 15 is 0 Å². The Hall–Kier alpha value is -3.39. The van der Waals surface area contributed by atoms with Gasteiger partial charge in [-0.25, -0.2) is 9.97 Å². The van der Waals surface area contributed by atoms with Gasteiger partial charge in [0.1, 0.15) is 0 Å². The van der Waals surface area contributed by atoms with E-state index in [9.17, 15) is 20.1 Å². The average molecular weight is 668 g/mol. The maximum absolute atomic E-state index is 11.5. The van der Waals surface area contributed by atoms with Crippen molar-refractivity contribution in [2.75, 3.05) is 0 Å². The standard InChI is InChI=1S/C34H39N4O4.Ru/c1-8-9-22-16(2)24-12-26-18(4)33(20(6)39)31(37-26)14-27-19(5)34(21(7)40)30(38-27)13-25-17(3)23(10-11-32(41)42)29(36-25)15-28(22)35-24;/h12-15,20-21,39-40H,8-11H2,1-7H3,(H2-,35,36,37,38,41,42);/q-1;+2/p-1. The minimum Gasteiger partial charge on any atom is -0.657 e. The summed E-state index contributed by atoms with van der Waals surface area (Å²) in [7, 11) is 0. The molecule has 2 unspecified atom stereocenters. The molecule has 5 heterocycles. The van der Waals surface area contributed by atoms with Crippen molar-refractivity contribution in [2.45, 2.75) is 86.4 Å². The molecular formula is C34H38N4O4Ru. The predicted molar refractivity (Wildman–Crippen MR) is 167 cm³/mol. The molecule has 8 nitrogen and oxygen atoms in total. The first-order valence-corrected chi connectivity index (χ1v) is 14.5. The van der Waals surface area contributed by atoms with E-state index < -0.39 is 18.2 Å². The first kappa shape index (κ1) is 32.5. The molecule has 0 saturated carbocycles. The molecule has 3 aromatic rings.